The molecular formula is C23H24N2O5. The highest BCUT2D eigenvalue weighted by atomic mass is 16.5. The number of carbonyl (C=O) groups is 2. The lowest BCUT2D eigenvalue weighted by Crippen LogP contribution is -2.28. The molecule has 0 bridgehead atoms. The van der Waals surface area contributed by atoms with Crippen molar-refractivity contribution in [1.29, 1.82) is 0 Å². The zero-order chi connectivity index (χ0) is 21.3. The number of benzene rings is 2. The first-order valence-corrected chi connectivity index (χ1v) is 9.61. The predicted molar refractivity (Wildman–Crippen MR) is 110 cm³/mol. The maximum atomic E-state index is 12.0. The van der Waals surface area contributed by atoms with E-state index in [-0.39, 0.29) is 18.9 Å². The summed E-state index contributed by atoms with van der Waals surface area (Å²) in [5, 5.41) is 6.61. The quantitative estimate of drug-likeness (QED) is 0.547. The standard InChI is InChI=1S/C23H24N2O5/c1-16-21(17(2)30-25-16)14-28-20-10-8-18(9-11-20)12-23(27)29-15-22(26)24-13-19-6-4-3-5-7-19/h3-11H,12-15H2,1-2H3,(H,24,26). The number of hydrogen-bond donors (Lipinski definition) is 1. The number of amides is 1. The van der Waals surface area contributed by atoms with Crippen molar-refractivity contribution < 1.29 is 23.6 Å². The van der Waals surface area contributed by atoms with Gasteiger partial charge in [-0.1, -0.05) is 47.6 Å². The highest BCUT2D eigenvalue weighted by Crippen LogP contribution is 2.18. The molecule has 0 spiro atoms. The number of rotatable bonds is 9. The first-order valence-electron chi connectivity index (χ1n) is 9.61. The molecule has 7 nitrogen and oxygen atoms in total. The molecule has 7 heteroatoms. The lowest BCUT2D eigenvalue weighted by molar-refractivity contribution is -0.147. The number of hydrogen-bond acceptors (Lipinski definition) is 6. The smallest absolute Gasteiger partial charge is 0.310 e. The average Bonchev–Trinajstić information content (AvgIpc) is 3.08. The molecule has 2 aromatic carbocycles. The van der Waals surface area contributed by atoms with Crippen LogP contribution in [0.1, 0.15) is 28.1 Å². The van der Waals surface area contributed by atoms with Crippen LogP contribution in [0.25, 0.3) is 0 Å². The van der Waals surface area contributed by atoms with Gasteiger partial charge in [0.15, 0.2) is 6.61 Å². The normalized spacial score (nSPS) is 10.5. The van der Waals surface area contributed by atoms with Crippen LogP contribution in [0, 0.1) is 13.8 Å². The van der Waals surface area contributed by atoms with Gasteiger partial charge >= 0.3 is 5.97 Å². The minimum absolute atomic E-state index is 0.0795. The Morgan fingerprint density at radius 3 is 2.40 bits per heavy atom. The van der Waals surface area contributed by atoms with E-state index >= 15 is 0 Å². The van der Waals surface area contributed by atoms with Crippen molar-refractivity contribution in [3.05, 3.63) is 82.7 Å². The van der Waals surface area contributed by atoms with Gasteiger partial charge in [0, 0.05) is 6.54 Å². The topological polar surface area (TPSA) is 90.7 Å². The fourth-order valence-electron chi connectivity index (χ4n) is 2.78. The zero-order valence-corrected chi connectivity index (χ0v) is 17.0. The van der Waals surface area contributed by atoms with E-state index in [1.165, 1.54) is 0 Å². The van der Waals surface area contributed by atoms with Gasteiger partial charge in [-0.3, -0.25) is 9.59 Å². The first-order chi connectivity index (χ1) is 14.5. The van der Waals surface area contributed by atoms with Crippen LogP contribution in [-0.4, -0.2) is 23.6 Å². The lowest BCUT2D eigenvalue weighted by Gasteiger charge is -2.08. The zero-order valence-electron chi connectivity index (χ0n) is 17.0. The molecule has 0 aliphatic heterocycles. The third-order valence-electron chi connectivity index (χ3n) is 4.53. The second kappa shape index (κ2) is 10.2. The second-order valence-corrected chi connectivity index (χ2v) is 6.84. The molecule has 156 valence electrons. The highest BCUT2D eigenvalue weighted by molar-refractivity contribution is 5.81. The molecule has 1 amide bonds. The Morgan fingerprint density at radius 2 is 1.73 bits per heavy atom. The fourth-order valence-corrected chi connectivity index (χ4v) is 2.78. The molecular weight excluding hydrogens is 384 g/mol. The number of nitrogens with zero attached hydrogens (tertiary/aromatic N) is 1. The van der Waals surface area contributed by atoms with Gasteiger partial charge in [0.2, 0.25) is 0 Å². The number of aromatic nitrogens is 1. The third-order valence-corrected chi connectivity index (χ3v) is 4.53. The predicted octanol–water partition coefficient (Wildman–Crippen LogP) is 3.27. The van der Waals surface area contributed by atoms with Crippen molar-refractivity contribution in [2.24, 2.45) is 0 Å². The summed E-state index contributed by atoms with van der Waals surface area (Å²) in [6, 6.07) is 16.7. The Bertz CT molecular complexity index is 961. The summed E-state index contributed by atoms with van der Waals surface area (Å²) in [5.74, 6) is 0.608. The van der Waals surface area contributed by atoms with Gasteiger partial charge in [0.05, 0.1) is 17.7 Å². The van der Waals surface area contributed by atoms with Crippen LogP contribution in [0.5, 0.6) is 5.75 Å². The van der Waals surface area contributed by atoms with Crippen molar-refractivity contribution in [2.75, 3.05) is 6.61 Å². The van der Waals surface area contributed by atoms with E-state index in [1.54, 1.807) is 24.3 Å². The van der Waals surface area contributed by atoms with Crippen LogP contribution in [0.2, 0.25) is 0 Å². The summed E-state index contributed by atoms with van der Waals surface area (Å²) < 4.78 is 15.9. The van der Waals surface area contributed by atoms with Crippen LogP contribution >= 0.6 is 0 Å². The Balaban J connectivity index is 1.39. The van der Waals surface area contributed by atoms with Crippen LogP contribution in [0.15, 0.2) is 59.1 Å². The van der Waals surface area contributed by atoms with Crippen molar-refractivity contribution >= 4 is 11.9 Å². The molecule has 1 N–H and O–H groups in total. The van der Waals surface area contributed by atoms with Gasteiger partial charge in [0.25, 0.3) is 5.91 Å². The largest absolute Gasteiger partial charge is 0.489 e. The molecule has 0 unspecified atom stereocenters. The summed E-state index contributed by atoms with van der Waals surface area (Å²) in [6.45, 7) is 4.17. The number of ether oxygens (including phenoxy) is 2. The van der Waals surface area contributed by atoms with Crippen molar-refractivity contribution in [2.45, 2.75) is 33.4 Å². The summed E-state index contributed by atoms with van der Waals surface area (Å²) in [5.41, 5.74) is 3.48. The summed E-state index contributed by atoms with van der Waals surface area (Å²) in [7, 11) is 0. The Labute approximate surface area is 175 Å². The van der Waals surface area contributed by atoms with Crippen molar-refractivity contribution in [1.82, 2.24) is 10.5 Å². The minimum atomic E-state index is -0.464. The average molecular weight is 408 g/mol. The molecule has 0 aliphatic rings. The summed E-state index contributed by atoms with van der Waals surface area (Å²) in [4.78, 5) is 23.8. The van der Waals surface area contributed by atoms with Gasteiger partial charge in [-0.25, -0.2) is 0 Å². The van der Waals surface area contributed by atoms with Crippen molar-refractivity contribution in [3.63, 3.8) is 0 Å². The van der Waals surface area contributed by atoms with E-state index in [2.05, 4.69) is 10.5 Å². The Hall–Kier alpha value is -3.61. The molecule has 3 rings (SSSR count). The Morgan fingerprint density at radius 1 is 1.00 bits per heavy atom. The molecule has 0 fully saturated rings. The highest BCUT2D eigenvalue weighted by Gasteiger charge is 2.11. The van der Waals surface area contributed by atoms with Gasteiger partial charge < -0.3 is 19.3 Å². The van der Waals surface area contributed by atoms with Gasteiger partial charge in [-0.15, -0.1) is 0 Å². The van der Waals surface area contributed by atoms with E-state index in [0.29, 0.717) is 18.9 Å². The van der Waals surface area contributed by atoms with E-state index in [9.17, 15) is 9.59 Å². The van der Waals surface area contributed by atoms with Crippen LogP contribution in [-0.2, 0) is 33.9 Å². The number of carbonyl (C=O) groups excluding carboxylic acids is 2. The minimum Gasteiger partial charge on any atom is -0.489 e. The summed E-state index contributed by atoms with van der Waals surface area (Å²) >= 11 is 0. The molecule has 0 saturated carbocycles. The molecule has 1 heterocycles. The number of esters is 1. The third kappa shape index (κ3) is 6.20. The van der Waals surface area contributed by atoms with Gasteiger partial charge in [-0.05, 0) is 37.1 Å². The SMILES string of the molecule is Cc1noc(C)c1COc1ccc(CC(=O)OCC(=O)NCc2ccccc2)cc1. The maximum Gasteiger partial charge on any atom is 0.310 e. The maximum absolute atomic E-state index is 12.0. The summed E-state index contributed by atoms with van der Waals surface area (Å²) in [6.07, 6.45) is 0.0795. The number of aryl methyl sites for hydroxylation is 2. The molecule has 0 saturated heterocycles. The lowest BCUT2D eigenvalue weighted by atomic mass is 10.1. The monoisotopic (exact) mass is 408 g/mol. The second-order valence-electron chi connectivity index (χ2n) is 6.84. The van der Waals surface area contributed by atoms with Crippen LogP contribution in [0.3, 0.4) is 0 Å². The molecule has 0 radical (unpaired) electrons. The Kier molecular flexibility index (Phi) is 7.21. The fraction of sp³-hybridized carbons (Fsp3) is 0.261. The van der Waals surface area contributed by atoms with Gasteiger partial charge in [-0.2, -0.15) is 0 Å². The van der Waals surface area contributed by atoms with E-state index < -0.39 is 5.97 Å². The van der Waals surface area contributed by atoms with E-state index in [1.807, 2.05) is 44.2 Å². The van der Waals surface area contributed by atoms with E-state index in [4.69, 9.17) is 14.0 Å². The van der Waals surface area contributed by atoms with Gasteiger partial charge in [0.1, 0.15) is 18.1 Å². The molecule has 30 heavy (non-hydrogen) atoms. The molecule has 3 aromatic rings. The molecule has 0 aliphatic carbocycles. The molecule has 1 aromatic heterocycles. The number of nitrogens with one attached hydrogen (secondary N) is 1. The van der Waals surface area contributed by atoms with Crippen molar-refractivity contribution in [3.8, 4) is 5.75 Å². The molecule has 0 atom stereocenters. The van der Waals surface area contributed by atoms with Crippen LogP contribution < -0.4 is 10.1 Å². The van der Waals surface area contributed by atoms with E-state index in [0.717, 1.165) is 28.1 Å². The first kappa shape index (κ1) is 21.1. The van der Waals surface area contributed by atoms with Crippen LogP contribution in [0.4, 0.5) is 0 Å².